The summed E-state index contributed by atoms with van der Waals surface area (Å²) < 4.78 is 23.2. The van der Waals surface area contributed by atoms with Crippen molar-refractivity contribution in [3.05, 3.63) is 0 Å². The molecule has 1 heterocycles. The number of sulfone groups is 1. The molecule has 1 aliphatic heterocycles. The van der Waals surface area contributed by atoms with Crippen molar-refractivity contribution in [3.63, 3.8) is 0 Å². The Morgan fingerprint density at radius 1 is 1.33 bits per heavy atom. The summed E-state index contributed by atoms with van der Waals surface area (Å²) in [6, 6.07) is 2.72. The van der Waals surface area contributed by atoms with Crippen LogP contribution in [0.15, 0.2) is 0 Å². The van der Waals surface area contributed by atoms with Gasteiger partial charge in [0.05, 0.1) is 17.6 Å². The van der Waals surface area contributed by atoms with E-state index in [9.17, 15) is 13.7 Å². The van der Waals surface area contributed by atoms with E-state index in [0.717, 1.165) is 38.8 Å². The van der Waals surface area contributed by atoms with E-state index in [1.807, 2.05) is 6.92 Å². The van der Waals surface area contributed by atoms with Gasteiger partial charge in [0, 0.05) is 12.6 Å². The van der Waals surface area contributed by atoms with Gasteiger partial charge in [-0.15, -0.1) is 0 Å². The van der Waals surface area contributed by atoms with Gasteiger partial charge in [-0.3, -0.25) is 5.32 Å². The Hall–Kier alpha value is -0.640. The topological polar surface area (TPSA) is 73.2 Å². The van der Waals surface area contributed by atoms with Crippen LogP contribution in [0.4, 0.5) is 0 Å². The summed E-state index contributed by atoms with van der Waals surface area (Å²) in [4.78, 5) is 2.22. The van der Waals surface area contributed by atoms with Crippen LogP contribution in [-0.2, 0) is 9.84 Å². The van der Waals surface area contributed by atoms with Gasteiger partial charge in [-0.05, 0) is 52.6 Å². The highest BCUT2D eigenvalue weighted by Gasteiger charge is 2.28. The molecule has 0 aromatic rings. The summed E-state index contributed by atoms with van der Waals surface area (Å²) in [5, 5.41) is 12.9. The van der Waals surface area contributed by atoms with Crippen LogP contribution in [0.3, 0.4) is 0 Å². The van der Waals surface area contributed by atoms with Gasteiger partial charge >= 0.3 is 0 Å². The van der Waals surface area contributed by atoms with Crippen molar-refractivity contribution in [1.29, 1.82) is 5.26 Å². The van der Waals surface area contributed by atoms with Crippen LogP contribution in [0.2, 0.25) is 0 Å². The number of nitrogens with zero attached hydrogens (tertiary/aromatic N) is 2. The minimum absolute atomic E-state index is 0.272. The average molecular weight is 315 g/mol. The minimum atomic E-state index is -2.84. The van der Waals surface area contributed by atoms with Crippen LogP contribution in [0.25, 0.3) is 0 Å². The molecular formula is C15H29N3O2S. The smallest absolute Gasteiger partial charge is 0.151 e. The second kappa shape index (κ2) is 8.11. The number of hydrogen-bond donors (Lipinski definition) is 1. The van der Waals surface area contributed by atoms with Gasteiger partial charge in [0.2, 0.25) is 0 Å². The maximum Gasteiger partial charge on any atom is 0.151 e. The molecule has 0 amide bonds. The van der Waals surface area contributed by atoms with Crippen LogP contribution in [0.5, 0.6) is 0 Å². The van der Waals surface area contributed by atoms with Crippen LogP contribution in [0, 0.1) is 11.3 Å². The van der Waals surface area contributed by atoms with E-state index in [4.69, 9.17) is 0 Å². The predicted octanol–water partition coefficient (Wildman–Crippen LogP) is 1.56. The highest BCUT2D eigenvalue weighted by Crippen LogP contribution is 2.18. The summed E-state index contributed by atoms with van der Waals surface area (Å²) in [6.07, 6.45) is 3.24. The molecule has 0 aromatic carbocycles. The van der Waals surface area contributed by atoms with Crippen molar-refractivity contribution in [1.82, 2.24) is 10.2 Å². The summed E-state index contributed by atoms with van der Waals surface area (Å²) in [5.74, 6) is 0.587. The van der Waals surface area contributed by atoms with E-state index in [2.05, 4.69) is 30.1 Å². The fourth-order valence-corrected chi connectivity index (χ4v) is 4.20. The summed E-state index contributed by atoms with van der Waals surface area (Å²) >= 11 is 0. The van der Waals surface area contributed by atoms with Gasteiger partial charge in [0.15, 0.2) is 9.84 Å². The van der Waals surface area contributed by atoms with E-state index in [1.54, 1.807) is 0 Å². The zero-order chi connectivity index (χ0) is 15.9. The third kappa shape index (κ3) is 6.33. The van der Waals surface area contributed by atoms with Gasteiger partial charge in [0.25, 0.3) is 0 Å². The lowest BCUT2D eigenvalue weighted by atomic mass is 9.91. The first kappa shape index (κ1) is 18.4. The molecule has 0 saturated carbocycles. The van der Waals surface area contributed by atoms with Gasteiger partial charge in [-0.2, -0.15) is 5.26 Å². The van der Waals surface area contributed by atoms with Gasteiger partial charge in [0.1, 0.15) is 5.54 Å². The van der Waals surface area contributed by atoms with Crippen LogP contribution in [-0.4, -0.2) is 56.0 Å². The maximum atomic E-state index is 11.6. The number of nitrogens with one attached hydrogen (secondary N) is 1. The molecular weight excluding hydrogens is 286 g/mol. The predicted molar refractivity (Wildman–Crippen MR) is 85.9 cm³/mol. The lowest BCUT2D eigenvalue weighted by molar-refractivity contribution is 0.263. The van der Waals surface area contributed by atoms with E-state index >= 15 is 0 Å². The standard InChI is InChI=1S/C15H29N3O2S/c1-4-15(13-16,17-14(2)3)7-5-8-18-9-6-11-21(19,20)12-10-18/h14,17H,4-12H2,1-3H3. The highest BCUT2D eigenvalue weighted by atomic mass is 32.2. The molecule has 6 heteroatoms. The summed E-state index contributed by atoms with van der Waals surface area (Å²) in [6.45, 7) is 8.51. The maximum absolute atomic E-state index is 11.6. The van der Waals surface area contributed by atoms with Crippen LogP contribution < -0.4 is 5.32 Å². The van der Waals surface area contributed by atoms with Crippen molar-refractivity contribution in [3.8, 4) is 6.07 Å². The Kier molecular flexibility index (Phi) is 7.11. The SMILES string of the molecule is CCC(C#N)(CCCN1CCCS(=O)(=O)CC1)NC(C)C. The second-order valence-corrected chi connectivity index (χ2v) is 8.60. The highest BCUT2D eigenvalue weighted by molar-refractivity contribution is 7.91. The molecule has 1 fully saturated rings. The van der Waals surface area contributed by atoms with Gasteiger partial charge in [-0.1, -0.05) is 6.92 Å². The molecule has 5 nitrogen and oxygen atoms in total. The van der Waals surface area contributed by atoms with E-state index in [-0.39, 0.29) is 11.8 Å². The first-order valence-corrected chi connectivity index (χ1v) is 9.76. The number of rotatable bonds is 7. The van der Waals surface area contributed by atoms with Crippen molar-refractivity contribution < 1.29 is 8.42 Å². The van der Waals surface area contributed by atoms with Crippen LogP contribution >= 0.6 is 0 Å². The van der Waals surface area contributed by atoms with Crippen LogP contribution in [0.1, 0.15) is 46.5 Å². The third-order valence-electron chi connectivity index (χ3n) is 4.11. The third-order valence-corrected chi connectivity index (χ3v) is 5.82. The Labute approximate surface area is 129 Å². The molecule has 0 aliphatic carbocycles. The molecule has 122 valence electrons. The molecule has 0 bridgehead atoms. The molecule has 1 aliphatic rings. The Balaban J connectivity index is 2.46. The molecule has 0 spiro atoms. The zero-order valence-electron chi connectivity index (χ0n) is 13.6. The van der Waals surface area contributed by atoms with E-state index < -0.39 is 15.4 Å². The molecule has 1 saturated heterocycles. The average Bonchev–Trinajstić information content (AvgIpc) is 2.58. The summed E-state index contributed by atoms with van der Waals surface area (Å²) in [7, 11) is -2.84. The van der Waals surface area contributed by atoms with E-state index in [0.29, 0.717) is 12.3 Å². The normalized spacial score (nSPS) is 22.4. The largest absolute Gasteiger partial charge is 0.302 e. The monoisotopic (exact) mass is 315 g/mol. The second-order valence-electron chi connectivity index (χ2n) is 6.30. The van der Waals surface area contributed by atoms with Gasteiger partial charge in [-0.25, -0.2) is 8.42 Å². The fourth-order valence-electron chi connectivity index (χ4n) is 2.89. The molecule has 0 radical (unpaired) electrons. The van der Waals surface area contributed by atoms with Gasteiger partial charge < -0.3 is 4.90 Å². The zero-order valence-corrected chi connectivity index (χ0v) is 14.4. The number of nitriles is 1. The minimum Gasteiger partial charge on any atom is -0.302 e. The first-order chi connectivity index (χ1) is 9.82. The number of hydrogen-bond acceptors (Lipinski definition) is 5. The van der Waals surface area contributed by atoms with Crippen molar-refractivity contribution in [2.45, 2.75) is 58.0 Å². The van der Waals surface area contributed by atoms with Crippen molar-refractivity contribution in [2.75, 3.05) is 31.1 Å². The molecule has 21 heavy (non-hydrogen) atoms. The fraction of sp³-hybridized carbons (Fsp3) is 0.933. The molecule has 1 N–H and O–H groups in total. The van der Waals surface area contributed by atoms with E-state index in [1.165, 1.54) is 0 Å². The lowest BCUT2D eigenvalue weighted by Gasteiger charge is -2.30. The Morgan fingerprint density at radius 2 is 2.05 bits per heavy atom. The van der Waals surface area contributed by atoms with Crippen molar-refractivity contribution >= 4 is 9.84 Å². The first-order valence-electron chi connectivity index (χ1n) is 7.94. The molecule has 0 aromatic heterocycles. The molecule has 1 unspecified atom stereocenters. The Bertz CT molecular complexity index is 456. The lowest BCUT2D eigenvalue weighted by Crippen LogP contribution is -2.47. The van der Waals surface area contributed by atoms with Crippen molar-refractivity contribution in [2.24, 2.45) is 0 Å². The molecule has 1 rings (SSSR count). The summed E-state index contributed by atoms with van der Waals surface area (Å²) in [5.41, 5.74) is -0.452. The quantitative estimate of drug-likeness (QED) is 0.772. The Morgan fingerprint density at radius 3 is 2.62 bits per heavy atom. The molecule has 1 atom stereocenters.